The zero-order chi connectivity index (χ0) is 19.0. The van der Waals surface area contributed by atoms with Crippen molar-refractivity contribution in [2.75, 3.05) is 5.32 Å². The summed E-state index contributed by atoms with van der Waals surface area (Å²) in [6.45, 7) is 0.118. The highest BCUT2D eigenvalue weighted by Gasteiger charge is 2.39. The normalized spacial score (nSPS) is 16.8. The van der Waals surface area contributed by atoms with E-state index >= 15 is 0 Å². The van der Waals surface area contributed by atoms with Crippen LogP contribution in [0.15, 0.2) is 36.8 Å². The Balaban J connectivity index is 1.43. The van der Waals surface area contributed by atoms with Crippen LogP contribution in [0.4, 0.5) is 18.9 Å². The maximum atomic E-state index is 12.9. The third-order valence-corrected chi connectivity index (χ3v) is 4.56. The molecule has 140 valence electrons. The summed E-state index contributed by atoms with van der Waals surface area (Å²) in [5, 5.41) is 9.35. The minimum atomic E-state index is -4.49. The summed E-state index contributed by atoms with van der Waals surface area (Å²) >= 11 is 0. The van der Waals surface area contributed by atoms with E-state index in [1.165, 1.54) is 12.5 Å². The van der Waals surface area contributed by atoms with Crippen molar-refractivity contribution in [1.29, 1.82) is 0 Å². The van der Waals surface area contributed by atoms with Crippen molar-refractivity contribution in [3.8, 4) is 11.4 Å². The largest absolute Gasteiger partial charge is 0.449 e. The van der Waals surface area contributed by atoms with Gasteiger partial charge in [0.2, 0.25) is 11.7 Å². The number of carbonyl (C=O) groups excluding carboxylic acids is 1. The molecule has 1 unspecified atom stereocenters. The van der Waals surface area contributed by atoms with Crippen LogP contribution < -0.4 is 5.32 Å². The summed E-state index contributed by atoms with van der Waals surface area (Å²) < 4.78 is 39.9. The summed E-state index contributed by atoms with van der Waals surface area (Å²) in [4.78, 5) is 20.0. The second-order valence-electron chi connectivity index (χ2n) is 6.31. The maximum Gasteiger partial charge on any atom is 0.449 e. The van der Waals surface area contributed by atoms with Gasteiger partial charge in [-0.1, -0.05) is 0 Å². The second kappa shape index (κ2) is 6.53. The molecule has 10 heteroatoms. The molecule has 0 radical (unpaired) electrons. The van der Waals surface area contributed by atoms with E-state index in [9.17, 15) is 18.0 Å². The first kappa shape index (κ1) is 17.3. The molecule has 0 aliphatic carbocycles. The number of rotatable bonds is 3. The number of aromatic amines is 1. The van der Waals surface area contributed by atoms with Gasteiger partial charge in [-0.25, -0.2) is 9.97 Å². The van der Waals surface area contributed by atoms with Crippen LogP contribution in [0.5, 0.6) is 0 Å². The first-order chi connectivity index (χ1) is 12.9. The number of fused-ring (bicyclic) bond motifs is 1. The minimum absolute atomic E-state index is 0.118. The van der Waals surface area contributed by atoms with Crippen LogP contribution in [-0.4, -0.2) is 30.6 Å². The number of hydrogen-bond acceptors (Lipinski definition) is 4. The number of H-pyrrole nitrogens is 1. The molecule has 0 bridgehead atoms. The van der Waals surface area contributed by atoms with E-state index in [-0.39, 0.29) is 18.9 Å². The van der Waals surface area contributed by atoms with E-state index in [1.54, 1.807) is 24.3 Å². The highest BCUT2D eigenvalue weighted by molar-refractivity contribution is 5.93. The van der Waals surface area contributed by atoms with Crippen molar-refractivity contribution in [1.82, 2.24) is 24.7 Å². The van der Waals surface area contributed by atoms with Crippen LogP contribution in [0, 0.1) is 5.92 Å². The molecule has 27 heavy (non-hydrogen) atoms. The Kier molecular flexibility index (Phi) is 4.17. The minimum Gasteiger partial charge on any atom is -0.326 e. The monoisotopic (exact) mass is 376 g/mol. The molecule has 3 aromatic rings. The van der Waals surface area contributed by atoms with Crippen molar-refractivity contribution in [2.45, 2.75) is 25.6 Å². The smallest absolute Gasteiger partial charge is 0.326 e. The zero-order valence-electron chi connectivity index (χ0n) is 14.0. The average Bonchev–Trinajstić information content (AvgIpc) is 3.31. The van der Waals surface area contributed by atoms with Crippen LogP contribution >= 0.6 is 0 Å². The quantitative estimate of drug-likeness (QED) is 0.736. The van der Waals surface area contributed by atoms with E-state index < -0.39 is 17.9 Å². The molecule has 2 aromatic heterocycles. The molecule has 2 N–H and O–H groups in total. The lowest BCUT2D eigenvalue weighted by Gasteiger charge is -2.24. The predicted octanol–water partition coefficient (Wildman–Crippen LogP) is 2.89. The van der Waals surface area contributed by atoms with Crippen LogP contribution in [0.2, 0.25) is 0 Å². The van der Waals surface area contributed by atoms with E-state index in [2.05, 4.69) is 25.5 Å². The maximum absolute atomic E-state index is 12.9. The van der Waals surface area contributed by atoms with Gasteiger partial charge in [-0.2, -0.15) is 18.3 Å². The molecule has 0 saturated heterocycles. The van der Waals surface area contributed by atoms with Crippen molar-refractivity contribution in [3.63, 3.8) is 0 Å². The van der Waals surface area contributed by atoms with E-state index in [0.29, 0.717) is 23.6 Å². The Morgan fingerprint density at radius 3 is 2.67 bits per heavy atom. The predicted molar refractivity (Wildman–Crippen MR) is 89.5 cm³/mol. The fraction of sp³-hybridized carbons (Fsp3) is 0.294. The molecular formula is C17H15F3N6O. The molecule has 0 fully saturated rings. The highest BCUT2D eigenvalue weighted by Crippen LogP contribution is 2.32. The first-order valence-electron chi connectivity index (χ1n) is 8.30. The molecule has 1 aliphatic heterocycles. The standard InChI is InChI=1S/C17H15F3N6O/c18-17(19,20)16-21-8-13-7-11(5-6-26(13)16)15(27)24-12-3-1-10(2-4-12)14-22-9-23-25-14/h1-4,8-9,11H,5-7H2,(H,24,27)(H,22,23,25). The van der Waals surface area contributed by atoms with Gasteiger partial charge in [-0.05, 0) is 30.7 Å². The Morgan fingerprint density at radius 1 is 1.22 bits per heavy atom. The topological polar surface area (TPSA) is 88.5 Å². The number of alkyl halides is 3. The number of anilines is 1. The molecular weight excluding hydrogens is 361 g/mol. The average molecular weight is 376 g/mol. The van der Waals surface area contributed by atoms with Gasteiger partial charge in [-0.3, -0.25) is 9.89 Å². The van der Waals surface area contributed by atoms with Gasteiger partial charge in [0.15, 0.2) is 5.82 Å². The lowest BCUT2D eigenvalue weighted by molar-refractivity contribution is -0.147. The summed E-state index contributed by atoms with van der Waals surface area (Å²) in [7, 11) is 0. The second-order valence-corrected chi connectivity index (χ2v) is 6.31. The molecule has 1 aliphatic rings. The summed E-state index contributed by atoms with van der Waals surface area (Å²) in [5.74, 6) is -0.902. The Morgan fingerprint density at radius 2 is 2.00 bits per heavy atom. The van der Waals surface area contributed by atoms with Gasteiger partial charge in [0, 0.05) is 42.0 Å². The number of aromatic nitrogens is 5. The summed E-state index contributed by atoms with van der Waals surface area (Å²) in [6, 6.07) is 7.07. The lowest BCUT2D eigenvalue weighted by Crippen LogP contribution is -2.31. The van der Waals surface area contributed by atoms with Crippen LogP contribution in [0.3, 0.4) is 0 Å². The van der Waals surface area contributed by atoms with Gasteiger partial charge in [-0.15, -0.1) is 0 Å². The molecule has 4 rings (SSSR count). The van der Waals surface area contributed by atoms with E-state index in [1.807, 2.05) is 0 Å². The molecule has 7 nitrogen and oxygen atoms in total. The van der Waals surface area contributed by atoms with Gasteiger partial charge in [0.25, 0.3) is 0 Å². The van der Waals surface area contributed by atoms with Crippen LogP contribution in [-0.2, 0) is 23.9 Å². The number of benzene rings is 1. The zero-order valence-corrected chi connectivity index (χ0v) is 14.0. The number of nitrogens with one attached hydrogen (secondary N) is 2. The molecule has 1 atom stereocenters. The number of nitrogens with zero attached hydrogens (tertiary/aromatic N) is 4. The van der Waals surface area contributed by atoms with E-state index in [0.717, 1.165) is 10.1 Å². The van der Waals surface area contributed by atoms with Gasteiger partial charge in [0.05, 0.1) is 0 Å². The third kappa shape index (κ3) is 3.42. The number of hydrogen-bond donors (Lipinski definition) is 2. The molecule has 3 heterocycles. The fourth-order valence-electron chi connectivity index (χ4n) is 3.21. The van der Waals surface area contributed by atoms with Crippen LogP contribution in [0.1, 0.15) is 17.9 Å². The number of imidazole rings is 1. The van der Waals surface area contributed by atoms with Gasteiger partial charge in [0.1, 0.15) is 6.33 Å². The summed E-state index contributed by atoms with van der Waals surface area (Å²) in [5.41, 5.74) is 1.86. The van der Waals surface area contributed by atoms with Gasteiger partial charge < -0.3 is 9.88 Å². The first-order valence-corrected chi connectivity index (χ1v) is 8.30. The number of amides is 1. The van der Waals surface area contributed by atoms with E-state index in [4.69, 9.17) is 0 Å². The Labute approximate surface area is 151 Å². The van der Waals surface area contributed by atoms with Crippen molar-refractivity contribution < 1.29 is 18.0 Å². The molecule has 0 saturated carbocycles. The summed E-state index contributed by atoms with van der Waals surface area (Å²) in [6.07, 6.45) is -1.32. The van der Waals surface area contributed by atoms with Crippen molar-refractivity contribution in [2.24, 2.45) is 5.92 Å². The molecule has 1 amide bonds. The fourth-order valence-corrected chi connectivity index (χ4v) is 3.21. The SMILES string of the molecule is O=C(Nc1ccc(-c2ncn[nH]2)cc1)C1CCn2c(cnc2C(F)(F)F)C1. The number of carbonyl (C=O) groups is 1. The van der Waals surface area contributed by atoms with Crippen LogP contribution in [0.25, 0.3) is 11.4 Å². The molecule has 0 spiro atoms. The Hall–Kier alpha value is -3.17. The Bertz CT molecular complexity index is 946. The third-order valence-electron chi connectivity index (χ3n) is 4.56. The number of halogens is 3. The van der Waals surface area contributed by atoms with Crippen molar-refractivity contribution in [3.05, 3.63) is 48.3 Å². The van der Waals surface area contributed by atoms with Crippen molar-refractivity contribution >= 4 is 11.6 Å². The molecule has 1 aromatic carbocycles. The van der Waals surface area contributed by atoms with Gasteiger partial charge >= 0.3 is 6.18 Å². The lowest BCUT2D eigenvalue weighted by atomic mass is 9.95. The highest BCUT2D eigenvalue weighted by atomic mass is 19.4.